The average molecular weight is 249 g/mol. The minimum atomic E-state index is -1.08. The molecule has 0 fully saturated rings. The molecule has 0 spiro atoms. The highest BCUT2D eigenvalue weighted by Gasteiger charge is 2.28. The van der Waals surface area contributed by atoms with Gasteiger partial charge < -0.3 is 5.11 Å². The maximum atomic E-state index is 13.1. The van der Waals surface area contributed by atoms with E-state index in [4.69, 9.17) is 16.7 Å². The van der Waals surface area contributed by atoms with Gasteiger partial charge in [0.2, 0.25) is 0 Å². The first-order chi connectivity index (χ1) is 7.24. The van der Waals surface area contributed by atoms with Crippen LogP contribution in [0, 0.1) is 17.0 Å². The molecule has 0 heterocycles. The van der Waals surface area contributed by atoms with E-state index in [0.29, 0.717) is 0 Å². The number of carboxylic acids is 1. The first-order valence-corrected chi connectivity index (χ1v) is 4.98. The maximum absolute atomic E-state index is 13.1. The second kappa shape index (κ2) is 4.37. The van der Waals surface area contributed by atoms with Crippen molar-refractivity contribution in [3.63, 3.8) is 0 Å². The van der Waals surface area contributed by atoms with Crippen molar-refractivity contribution < 1.29 is 18.7 Å². The predicted octanol–water partition coefficient (Wildman–Crippen LogP) is 3.27. The van der Waals surface area contributed by atoms with Gasteiger partial charge in [-0.25, -0.2) is 8.78 Å². The lowest BCUT2D eigenvalue weighted by Gasteiger charge is -2.19. The number of hydrogen-bond acceptors (Lipinski definition) is 1. The normalized spacial score (nSPS) is 11.6. The van der Waals surface area contributed by atoms with Gasteiger partial charge in [0.15, 0.2) is 0 Å². The topological polar surface area (TPSA) is 37.3 Å². The Bertz CT molecular complexity index is 407. The molecule has 0 bridgehead atoms. The largest absolute Gasteiger partial charge is 0.481 e. The summed E-state index contributed by atoms with van der Waals surface area (Å²) in [6.07, 6.45) is 0.0351. The Morgan fingerprint density at radius 1 is 1.38 bits per heavy atom. The Balaban J connectivity index is 3.04. The smallest absolute Gasteiger partial charge is 0.309 e. The van der Waals surface area contributed by atoms with E-state index in [1.807, 2.05) is 0 Å². The zero-order chi connectivity index (χ0) is 12.5. The van der Waals surface area contributed by atoms with Gasteiger partial charge in [-0.15, -0.1) is 0 Å². The first kappa shape index (κ1) is 12.9. The molecule has 1 N–H and O–H groups in total. The molecule has 0 unspecified atom stereocenters. The van der Waals surface area contributed by atoms with E-state index in [-0.39, 0.29) is 12.0 Å². The summed E-state index contributed by atoms with van der Waals surface area (Å²) in [6.45, 7) is 2.97. The van der Waals surface area contributed by atoms with Crippen molar-refractivity contribution in [3.05, 3.63) is 34.4 Å². The van der Waals surface area contributed by atoms with Gasteiger partial charge in [0, 0.05) is 0 Å². The molecule has 1 aromatic rings. The lowest BCUT2D eigenvalue weighted by molar-refractivity contribution is -0.146. The summed E-state index contributed by atoms with van der Waals surface area (Å²) in [5, 5.41) is 8.31. The third-order valence-corrected chi connectivity index (χ3v) is 2.63. The third-order valence-electron chi connectivity index (χ3n) is 2.27. The summed E-state index contributed by atoms with van der Waals surface area (Å²) in [5.74, 6) is -2.78. The van der Waals surface area contributed by atoms with Crippen molar-refractivity contribution in [3.8, 4) is 0 Å². The van der Waals surface area contributed by atoms with Gasteiger partial charge in [-0.3, -0.25) is 4.79 Å². The van der Waals surface area contributed by atoms with Crippen molar-refractivity contribution >= 4 is 17.6 Å². The lowest BCUT2D eigenvalue weighted by atomic mass is 9.86. The van der Waals surface area contributed by atoms with Crippen molar-refractivity contribution in [1.82, 2.24) is 0 Å². The standard InChI is InChI=1S/C11H11ClF2O2/c1-11(2,10(15)16)5-6-3-7(13)9(12)8(14)4-6/h3-4H,5H2,1-2H3,(H,15,16). The Morgan fingerprint density at radius 3 is 2.19 bits per heavy atom. The van der Waals surface area contributed by atoms with E-state index in [2.05, 4.69) is 0 Å². The second-order valence-corrected chi connectivity index (χ2v) is 4.62. The van der Waals surface area contributed by atoms with E-state index < -0.39 is 28.0 Å². The SMILES string of the molecule is CC(C)(Cc1cc(F)c(Cl)c(F)c1)C(=O)O. The third kappa shape index (κ3) is 2.70. The van der Waals surface area contributed by atoms with Crippen LogP contribution in [0.2, 0.25) is 5.02 Å². The van der Waals surface area contributed by atoms with Crippen LogP contribution in [0.25, 0.3) is 0 Å². The summed E-state index contributed by atoms with van der Waals surface area (Å²) in [7, 11) is 0. The van der Waals surface area contributed by atoms with Crippen molar-refractivity contribution in [2.45, 2.75) is 20.3 Å². The van der Waals surface area contributed by atoms with E-state index in [1.54, 1.807) is 0 Å². The van der Waals surface area contributed by atoms with Gasteiger partial charge in [0.25, 0.3) is 0 Å². The highest BCUT2D eigenvalue weighted by molar-refractivity contribution is 6.30. The first-order valence-electron chi connectivity index (χ1n) is 4.61. The zero-order valence-electron chi connectivity index (χ0n) is 8.85. The van der Waals surface area contributed by atoms with Gasteiger partial charge in [-0.2, -0.15) is 0 Å². The second-order valence-electron chi connectivity index (χ2n) is 4.24. The molecule has 1 aromatic carbocycles. The van der Waals surface area contributed by atoms with Crippen LogP contribution in [0.3, 0.4) is 0 Å². The quantitative estimate of drug-likeness (QED) is 0.834. The molecular weight excluding hydrogens is 238 g/mol. The molecule has 0 aliphatic heterocycles. The van der Waals surface area contributed by atoms with Gasteiger partial charge in [-0.1, -0.05) is 11.6 Å². The molecule has 0 saturated heterocycles. The Hall–Kier alpha value is -1.16. The van der Waals surface area contributed by atoms with Crippen LogP contribution in [0.1, 0.15) is 19.4 Å². The molecule has 1 rings (SSSR count). The van der Waals surface area contributed by atoms with E-state index in [9.17, 15) is 13.6 Å². The van der Waals surface area contributed by atoms with Crippen LogP contribution in [0.5, 0.6) is 0 Å². The van der Waals surface area contributed by atoms with Gasteiger partial charge in [-0.05, 0) is 38.0 Å². The summed E-state index contributed by atoms with van der Waals surface area (Å²) in [5.41, 5.74) is -0.806. The molecule has 0 saturated carbocycles. The molecule has 0 aliphatic rings. The molecule has 2 nitrogen and oxygen atoms in total. The van der Waals surface area contributed by atoms with Crippen LogP contribution in [0.15, 0.2) is 12.1 Å². The summed E-state index contributed by atoms with van der Waals surface area (Å²) < 4.78 is 26.2. The van der Waals surface area contributed by atoms with Crippen LogP contribution in [0.4, 0.5) is 8.78 Å². The van der Waals surface area contributed by atoms with Gasteiger partial charge >= 0.3 is 5.97 Å². The Kier molecular flexibility index (Phi) is 3.53. The molecule has 0 amide bonds. The number of carboxylic acid groups (broad SMARTS) is 1. The number of carbonyl (C=O) groups is 1. The molecule has 88 valence electrons. The maximum Gasteiger partial charge on any atom is 0.309 e. The number of hydrogen-bond donors (Lipinski definition) is 1. The van der Waals surface area contributed by atoms with Crippen LogP contribution >= 0.6 is 11.6 Å². The molecular formula is C11H11ClF2O2. The monoisotopic (exact) mass is 248 g/mol. The minimum absolute atomic E-state index is 0.0351. The summed E-state index contributed by atoms with van der Waals surface area (Å²) in [6, 6.07) is 2.10. The highest BCUT2D eigenvalue weighted by atomic mass is 35.5. The van der Waals surface area contributed by atoms with E-state index in [0.717, 1.165) is 12.1 Å². The van der Waals surface area contributed by atoms with Crippen molar-refractivity contribution in [2.75, 3.05) is 0 Å². The molecule has 16 heavy (non-hydrogen) atoms. The molecule has 0 radical (unpaired) electrons. The number of benzene rings is 1. The van der Waals surface area contributed by atoms with Crippen molar-refractivity contribution in [2.24, 2.45) is 5.41 Å². The lowest BCUT2D eigenvalue weighted by Crippen LogP contribution is -2.26. The fourth-order valence-electron chi connectivity index (χ4n) is 1.30. The molecule has 5 heteroatoms. The fourth-order valence-corrected chi connectivity index (χ4v) is 1.41. The van der Waals surface area contributed by atoms with Crippen LogP contribution in [-0.4, -0.2) is 11.1 Å². The fraction of sp³-hybridized carbons (Fsp3) is 0.364. The average Bonchev–Trinajstić information content (AvgIpc) is 2.13. The predicted molar refractivity (Wildman–Crippen MR) is 56.5 cm³/mol. The number of halogens is 3. The summed E-state index contributed by atoms with van der Waals surface area (Å²) >= 11 is 5.32. The van der Waals surface area contributed by atoms with Crippen molar-refractivity contribution in [1.29, 1.82) is 0 Å². The summed E-state index contributed by atoms with van der Waals surface area (Å²) in [4.78, 5) is 10.8. The zero-order valence-corrected chi connectivity index (χ0v) is 9.61. The van der Waals surface area contributed by atoms with Gasteiger partial charge in [0.1, 0.15) is 16.7 Å². The number of rotatable bonds is 3. The van der Waals surface area contributed by atoms with E-state index >= 15 is 0 Å². The minimum Gasteiger partial charge on any atom is -0.481 e. The molecule has 0 aromatic heterocycles. The highest BCUT2D eigenvalue weighted by Crippen LogP contribution is 2.26. The molecule has 0 atom stereocenters. The van der Waals surface area contributed by atoms with Crippen LogP contribution < -0.4 is 0 Å². The van der Waals surface area contributed by atoms with Crippen LogP contribution in [-0.2, 0) is 11.2 Å². The van der Waals surface area contributed by atoms with Gasteiger partial charge in [0.05, 0.1) is 5.41 Å². The Labute approximate surface area is 96.8 Å². The molecule has 0 aliphatic carbocycles. The van der Waals surface area contributed by atoms with E-state index in [1.165, 1.54) is 13.8 Å². The number of aliphatic carboxylic acids is 1. The Morgan fingerprint density at radius 2 is 1.81 bits per heavy atom.